The summed E-state index contributed by atoms with van der Waals surface area (Å²) in [5.41, 5.74) is 5.83. The van der Waals surface area contributed by atoms with E-state index >= 15 is 0 Å². The molecule has 4 N–H and O–H groups in total. The molecule has 4 heteroatoms. The fraction of sp³-hybridized carbons (Fsp3) is 0.929. The summed E-state index contributed by atoms with van der Waals surface area (Å²) in [4.78, 5) is 12.0. The first-order chi connectivity index (χ1) is 8.70. The van der Waals surface area contributed by atoms with Crippen molar-refractivity contribution in [1.29, 1.82) is 0 Å². The Kier molecular flexibility index (Phi) is 5.01. The predicted octanol–water partition coefficient (Wildman–Crippen LogP) is 1.03. The third-order valence-corrected chi connectivity index (χ3v) is 4.68. The van der Waals surface area contributed by atoms with Gasteiger partial charge in [0.15, 0.2) is 0 Å². The van der Waals surface area contributed by atoms with Crippen LogP contribution in [0.4, 0.5) is 0 Å². The standard InChI is InChI=1S/C14H26N2O2/c15-13-6-5-10(7-13)14(18)16-8-11-3-1-2-4-12(11)9-17/h10-13,17H,1-9,15H2,(H,16,18). The molecular formula is C14H26N2O2. The number of hydrogen-bond acceptors (Lipinski definition) is 3. The van der Waals surface area contributed by atoms with Gasteiger partial charge in [0, 0.05) is 25.1 Å². The molecule has 2 fully saturated rings. The first-order valence-electron chi connectivity index (χ1n) is 7.35. The molecule has 0 heterocycles. The number of carbonyl (C=O) groups excluding carboxylic acids is 1. The molecule has 104 valence electrons. The third kappa shape index (κ3) is 3.45. The van der Waals surface area contributed by atoms with E-state index in [1.165, 1.54) is 12.8 Å². The number of amides is 1. The Morgan fingerprint density at radius 2 is 1.89 bits per heavy atom. The van der Waals surface area contributed by atoms with E-state index in [1.807, 2.05) is 0 Å². The van der Waals surface area contributed by atoms with Crippen LogP contribution in [0.15, 0.2) is 0 Å². The lowest BCUT2D eigenvalue weighted by atomic mass is 9.79. The Bertz CT molecular complexity index is 283. The van der Waals surface area contributed by atoms with E-state index in [9.17, 15) is 9.90 Å². The first kappa shape index (κ1) is 13.8. The lowest BCUT2D eigenvalue weighted by Gasteiger charge is -2.30. The number of nitrogens with one attached hydrogen (secondary N) is 1. The van der Waals surface area contributed by atoms with E-state index in [-0.39, 0.29) is 24.5 Å². The van der Waals surface area contributed by atoms with Gasteiger partial charge in [0.05, 0.1) is 0 Å². The lowest BCUT2D eigenvalue weighted by molar-refractivity contribution is -0.125. The molecular weight excluding hydrogens is 228 g/mol. The zero-order valence-electron chi connectivity index (χ0n) is 11.1. The second kappa shape index (κ2) is 6.53. The molecule has 2 aliphatic carbocycles. The minimum Gasteiger partial charge on any atom is -0.396 e. The van der Waals surface area contributed by atoms with Crippen molar-refractivity contribution in [1.82, 2.24) is 5.32 Å². The molecule has 0 aromatic rings. The normalized spacial score (nSPS) is 36.6. The van der Waals surface area contributed by atoms with E-state index in [4.69, 9.17) is 5.73 Å². The average Bonchev–Trinajstić information content (AvgIpc) is 2.83. The van der Waals surface area contributed by atoms with Crippen molar-refractivity contribution in [2.24, 2.45) is 23.5 Å². The molecule has 0 saturated heterocycles. The lowest BCUT2D eigenvalue weighted by Crippen LogP contribution is -2.38. The Morgan fingerprint density at radius 1 is 1.17 bits per heavy atom. The number of aliphatic hydroxyl groups excluding tert-OH is 1. The van der Waals surface area contributed by atoms with Crippen molar-refractivity contribution in [3.05, 3.63) is 0 Å². The minimum atomic E-state index is 0.121. The van der Waals surface area contributed by atoms with Crippen LogP contribution in [0, 0.1) is 17.8 Å². The Morgan fingerprint density at radius 3 is 2.50 bits per heavy atom. The summed E-state index contributed by atoms with van der Waals surface area (Å²) in [6.07, 6.45) is 7.42. The van der Waals surface area contributed by atoms with Crippen LogP contribution in [0.5, 0.6) is 0 Å². The molecule has 0 radical (unpaired) electrons. The van der Waals surface area contributed by atoms with Gasteiger partial charge in [0.2, 0.25) is 5.91 Å². The van der Waals surface area contributed by atoms with Crippen molar-refractivity contribution in [2.45, 2.75) is 51.0 Å². The number of hydrogen-bond donors (Lipinski definition) is 3. The Balaban J connectivity index is 1.74. The van der Waals surface area contributed by atoms with Gasteiger partial charge in [-0.15, -0.1) is 0 Å². The first-order valence-corrected chi connectivity index (χ1v) is 7.35. The summed E-state index contributed by atoms with van der Waals surface area (Å²) in [7, 11) is 0. The number of rotatable bonds is 4. The molecule has 2 rings (SSSR count). The van der Waals surface area contributed by atoms with Gasteiger partial charge in [-0.05, 0) is 43.9 Å². The molecule has 2 aliphatic rings. The van der Waals surface area contributed by atoms with Crippen LogP contribution < -0.4 is 11.1 Å². The van der Waals surface area contributed by atoms with Gasteiger partial charge in [-0.3, -0.25) is 4.79 Å². The quantitative estimate of drug-likeness (QED) is 0.701. The van der Waals surface area contributed by atoms with Gasteiger partial charge in [0.1, 0.15) is 0 Å². The van der Waals surface area contributed by atoms with Crippen molar-refractivity contribution >= 4 is 5.91 Å². The summed E-state index contributed by atoms with van der Waals surface area (Å²) < 4.78 is 0. The van der Waals surface area contributed by atoms with E-state index in [0.29, 0.717) is 11.8 Å². The summed E-state index contributed by atoms with van der Waals surface area (Å²) in [5.74, 6) is 1.13. The van der Waals surface area contributed by atoms with E-state index in [0.717, 1.165) is 38.6 Å². The summed E-state index contributed by atoms with van der Waals surface area (Å²) >= 11 is 0. The largest absolute Gasteiger partial charge is 0.396 e. The van der Waals surface area contributed by atoms with Gasteiger partial charge in [-0.25, -0.2) is 0 Å². The van der Waals surface area contributed by atoms with Crippen LogP contribution in [0.3, 0.4) is 0 Å². The molecule has 2 saturated carbocycles. The van der Waals surface area contributed by atoms with Crippen LogP contribution in [-0.4, -0.2) is 30.2 Å². The molecule has 0 spiro atoms. The maximum Gasteiger partial charge on any atom is 0.223 e. The van der Waals surface area contributed by atoms with Crippen molar-refractivity contribution < 1.29 is 9.90 Å². The van der Waals surface area contributed by atoms with E-state index < -0.39 is 0 Å². The maximum absolute atomic E-state index is 12.0. The van der Waals surface area contributed by atoms with Gasteiger partial charge in [-0.1, -0.05) is 12.8 Å². The van der Waals surface area contributed by atoms with Crippen LogP contribution in [0.2, 0.25) is 0 Å². The Labute approximate surface area is 109 Å². The van der Waals surface area contributed by atoms with Gasteiger partial charge >= 0.3 is 0 Å². The number of carbonyl (C=O) groups is 1. The highest BCUT2D eigenvalue weighted by atomic mass is 16.3. The smallest absolute Gasteiger partial charge is 0.223 e. The molecule has 4 unspecified atom stereocenters. The summed E-state index contributed by atoms with van der Waals surface area (Å²) in [5, 5.41) is 12.4. The highest BCUT2D eigenvalue weighted by Crippen LogP contribution is 2.29. The number of nitrogens with two attached hydrogens (primary N) is 1. The highest BCUT2D eigenvalue weighted by Gasteiger charge is 2.29. The van der Waals surface area contributed by atoms with Gasteiger partial charge in [0.25, 0.3) is 0 Å². The van der Waals surface area contributed by atoms with E-state index in [1.54, 1.807) is 0 Å². The third-order valence-electron chi connectivity index (χ3n) is 4.68. The Hall–Kier alpha value is -0.610. The molecule has 0 bridgehead atoms. The zero-order valence-corrected chi connectivity index (χ0v) is 11.1. The molecule has 0 aliphatic heterocycles. The highest BCUT2D eigenvalue weighted by molar-refractivity contribution is 5.79. The molecule has 4 nitrogen and oxygen atoms in total. The van der Waals surface area contributed by atoms with E-state index in [2.05, 4.69) is 5.32 Å². The maximum atomic E-state index is 12.0. The SMILES string of the molecule is NC1CCC(C(=O)NCC2CCCCC2CO)C1. The van der Waals surface area contributed by atoms with Crippen LogP contribution in [-0.2, 0) is 4.79 Å². The van der Waals surface area contributed by atoms with Crippen LogP contribution in [0.25, 0.3) is 0 Å². The second-order valence-corrected chi connectivity index (χ2v) is 6.00. The average molecular weight is 254 g/mol. The van der Waals surface area contributed by atoms with Crippen LogP contribution >= 0.6 is 0 Å². The van der Waals surface area contributed by atoms with Crippen LogP contribution in [0.1, 0.15) is 44.9 Å². The van der Waals surface area contributed by atoms with Crippen molar-refractivity contribution in [2.75, 3.05) is 13.2 Å². The van der Waals surface area contributed by atoms with Crippen molar-refractivity contribution in [3.63, 3.8) is 0 Å². The van der Waals surface area contributed by atoms with Gasteiger partial charge < -0.3 is 16.2 Å². The fourth-order valence-corrected chi connectivity index (χ4v) is 3.42. The molecule has 1 amide bonds. The zero-order chi connectivity index (χ0) is 13.0. The predicted molar refractivity (Wildman–Crippen MR) is 70.9 cm³/mol. The second-order valence-electron chi connectivity index (χ2n) is 6.00. The molecule has 0 aromatic heterocycles. The molecule has 4 atom stereocenters. The van der Waals surface area contributed by atoms with Gasteiger partial charge in [-0.2, -0.15) is 0 Å². The van der Waals surface area contributed by atoms with Crippen molar-refractivity contribution in [3.8, 4) is 0 Å². The molecule has 18 heavy (non-hydrogen) atoms. The summed E-state index contributed by atoms with van der Waals surface area (Å²) in [6.45, 7) is 0.991. The minimum absolute atomic E-state index is 0.121. The topological polar surface area (TPSA) is 75.4 Å². The summed E-state index contributed by atoms with van der Waals surface area (Å²) in [6, 6.07) is 0.209. The molecule has 0 aromatic carbocycles. The monoisotopic (exact) mass is 254 g/mol. The fourth-order valence-electron chi connectivity index (χ4n) is 3.42. The number of aliphatic hydroxyl groups is 1.